The van der Waals surface area contributed by atoms with Crippen LogP contribution in [-0.2, 0) is 122 Å². The summed E-state index contributed by atoms with van der Waals surface area (Å²) in [5.74, 6) is -3.03. The van der Waals surface area contributed by atoms with Crippen LogP contribution in [0, 0.1) is 21.7 Å². The lowest BCUT2D eigenvalue weighted by Crippen LogP contribution is -2.55. The van der Waals surface area contributed by atoms with E-state index >= 15 is 0 Å². The van der Waals surface area contributed by atoms with Crippen molar-refractivity contribution in [2.45, 2.75) is 198 Å². The molecule has 3 N–H and O–H groups in total. The van der Waals surface area contributed by atoms with Gasteiger partial charge in [0.2, 0.25) is 0 Å². The number of phenols is 1. The van der Waals surface area contributed by atoms with Gasteiger partial charge in [-0.15, -0.1) is 0 Å². The van der Waals surface area contributed by atoms with Gasteiger partial charge in [0, 0.05) is 32.3 Å². The lowest BCUT2D eigenvalue weighted by molar-refractivity contribution is -0.169. The van der Waals surface area contributed by atoms with Crippen LogP contribution in [0.1, 0.15) is 157 Å². The number of hydrogen-bond acceptors (Lipinski definition) is 25. The number of hydrogen-bond donors (Lipinski definition) is 3. The number of nitrogens with zero attached hydrogens (tertiary/aromatic N) is 6. The average Bonchev–Trinajstić information content (AvgIpc) is 1.39. The molecule has 1 fully saturated rings. The number of unbranched alkanes of at least 4 members (excludes halogenated alkanes) is 1. The summed E-state index contributed by atoms with van der Waals surface area (Å²) in [5.41, 5.74) is -7.69. The van der Waals surface area contributed by atoms with E-state index in [0.717, 1.165) is 64.7 Å². The highest BCUT2D eigenvalue weighted by Crippen LogP contribution is 2.46. The SMILES string of the molecule is CCC(C)(C)C(=O)OCC1CO1.CCC(C)(CC(C)(CC(C)(C)C(=O)OCc1c2ccccc2cc2ccccc12)C(=O)OCCO)C(=O)OC.CCC(C)c1ccc(O)cc1.CCCCOC(=O)CCn1c(=O)n(CCC(=O)OC)c(=O)n(CCC(=O)OCCn2c(=O)n(CCO)c(=O)n(CCOC)c2=O)c1=O. The molecule has 6 aromatic rings. The van der Waals surface area contributed by atoms with Crippen molar-refractivity contribution in [1.82, 2.24) is 27.4 Å². The number of aliphatic hydroxyl groups is 2. The molecule has 109 heavy (non-hydrogen) atoms. The summed E-state index contributed by atoms with van der Waals surface area (Å²) in [7, 11) is 3.77. The van der Waals surface area contributed by atoms with E-state index in [1.165, 1.54) is 19.8 Å². The first-order chi connectivity index (χ1) is 51.6. The Hall–Kier alpha value is -9.85. The van der Waals surface area contributed by atoms with Gasteiger partial charge in [-0.1, -0.05) is 102 Å². The first kappa shape index (κ1) is 91.5. The second-order valence-electron chi connectivity index (χ2n) is 28.1. The maximum absolute atomic E-state index is 13.5. The van der Waals surface area contributed by atoms with Crippen LogP contribution in [0.2, 0.25) is 0 Å². The van der Waals surface area contributed by atoms with Crippen molar-refractivity contribution < 1.29 is 91.5 Å². The predicted molar refractivity (Wildman–Crippen MR) is 403 cm³/mol. The Kier molecular flexibility index (Phi) is 36.9. The Balaban J connectivity index is 0.000000357. The maximum atomic E-state index is 13.5. The monoisotopic (exact) mass is 1530 g/mol. The van der Waals surface area contributed by atoms with Crippen LogP contribution < -0.4 is 34.1 Å². The molecule has 0 radical (unpaired) electrons. The van der Waals surface area contributed by atoms with Crippen LogP contribution >= 0.6 is 0 Å². The summed E-state index contributed by atoms with van der Waals surface area (Å²) in [5, 5.41) is 31.6. The molecule has 7 rings (SSSR count). The minimum Gasteiger partial charge on any atom is -0.508 e. The fourth-order valence-electron chi connectivity index (χ4n) is 11.6. The average molecular weight is 1530 g/mol. The minimum absolute atomic E-state index is 0.0262. The van der Waals surface area contributed by atoms with Gasteiger partial charge in [0.15, 0.2) is 0 Å². The smallest absolute Gasteiger partial charge is 0.336 e. The van der Waals surface area contributed by atoms with Gasteiger partial charge >= 0.3 is 75.9 Å². The van der Waals surface area contributed by atoms with Crippen molar-refractivity contribution in [3.05, 3.63) is 153 Å². The topological polar surface area (TPSA) is 399 Å². The number of aromatic nitrogens is 6. The number of methoxy groups -OCH3 is 3. The number of aromatic hydroxyl groups is 1. The molecule has 31 nitrogen and oxygen atoms in total. The van der Waals surface area contributed by atoms with Gasteiger partial charge < -0.3 is 58.0 Å². The van der Waals surface area contributed by atoms with Crippen LogP contribution in [0.4, 0.5) is 0 Å². The zero-order valence-corrected chi connectivity index (χ0v) is 65.3. The van der Waals surface area contributed by atoms with Gasteiger partial charge in [0.05, 0.1) is 108 Å². The number of carbonyl (C=O) groups excluding carboxylic acids is 7. The molecule has 0 bridgehead atoms. The summed E-state index contributed by atoms with van der Waals surface area (Å²) in [6.45, 7) is 18.0. The third-order valence-electron chi connectivity index (χ3n) is 18.8. The lowest BCUT2D eigenvalue weighted by atomic mass is 9.65. The number of rotatable bonds is 38. The Bertz CT molecular complexity index is 4350. The third kappa shape index (κ3) is 26.8. The Morgan fingerprint density at radius 1 is 0.495 bits per heavy atom. The van der Waals surface area contributed by atoms with Crippen LogP contribution in [0.5, 0.6) is 5.75 Å². The van der Waals surface area contributed by atoms with E-state index in [2.05, 4.69) is 24.7 Å². The Morgan fingerprint density at radius 2 is 0.963 bits per heavy atom. The fourth-order valence-corrected chi connectivity index (χ4v) is 11.6. The van der Waals surface area contributed by atoms with E-state index in [1.54, 1.807) is 39.8 Å². The number of ether oxygens (including phenoxy) is 9. The second-order valence-corrected chi connectivity index (χ2v) is 28.1. The number of phenolic OH excluding ortho intramolecular Hbond substituents is 1. The predicted octanol–water partition coefficient (Wildman–Crippen LogP) is 6.47. The van der Waals surface area contributed by atoms with E-state index < -0.39 is 139 Å². The first-order valence-corrected chi connectivity index (χ1v) is 36.5. The summed E-state index contributed by atoms with van der Waals surface area (Å²) >= 11 is 0. The van der Waals surface area contributed by atoms with Crippen molar-refractivity contribution in [2.24, 2.45) is 21.7 Å². The molecule has 4 atom stereocenters. The molecule has 0 saturated carbocycles. The van der Waals surface area contributed by atoms with Gasteiger partial charge in [-0.25, -0.2) is 56.2 Å². The number of epoxide rings is 1. The van der Waals surface area contributed by atoms with Gasteiger partial charge in [0.25, 0.3) is 0 Å². The van der Waals surface area contributed by atoms with Gasteiger partial charge in [-0.3, -0.25) is 33.6 Å². The molecule has 31 heteroatoms. The van der Waals surface area contributed by atoms with E-state index in [1.807, 2.05) is 95.3 Å². The Morgan fingerprint density at radius 3 is 1.40 bits per heavy atom. The number of carbonyl (C=O) groups is 7. The summed E-state index contributed by atoms with van der Waals surface area (Å²) in [6, 6.07) is 25.5. The van der Waals surface area contributed by atoms with Crippen molar-refractivity contribution in [1.29, 1.82) is 0 Å². The quantitative estimate of drug-likeness (QED) is 0.0123. The van der Waals surface area contributed by atoms with E-state index in [0.29, 0.717) is 54.0 Å². The minimum atomic E-state index is -1.22. The summed E-state index contributed by atoms with van der Waals surface area (Å²) < 4.78 is 49.6. The first-order valence-electron chi connectivity index (χ1n) is 36.5. The number of fused-ring (bicyclic) bond motifs is 2. The van der Waals surface area contributed by atoms with Crippen molar-refractivity contribution >= 4 is 63.3 Å². The zero-order valence-electron chi connectivity index (χ0n) is 65.3. The molecule has 4 aromatic carbocycles. The van der Waals surface area contributed by atoms with E-state index in [4.69, 9.17) is 43.0 Å². The molecule has 0 spiro atoms. The molecule has 0 amide bonds. The number of aliphatic hydroxyl groups excluding tert-OH is 2. The lowest BCUT2D eigenvalue weighted by Gasteiger charge is -2.39. The van der Waals surface area contributed by atoms with Gasteiger partial charge in [-0.2, -0.15) is 0 Å². The van der Waals surface area contributed by atoms with Crippen molar-refractivity contribution in [3.63, 3.8) is 0 Å². The molecule has 3 heterocycles. The van der Waals surface area contributed by atoms with Crippen LogP contribution in [0.25, 0.3) is 21.5 Å². The fraction of sp³-hybridized carbons (Fsp3) is 0.577. The molecule has 1 aliphatic heterocycles. The number of benzene rings is 4. The van der Waals surface area contributed by atoms with Crippen LogP contribution in [0.15, 0.2) is 108 Å². The maximum Gasteiger partial charge on any atom is 0.336 e. The van der Waals surface area contributed by atoms with Crippen molar-refractivity contribution in [3.8, 4) is 5.75 Å². The second kappa shape index (κ2) is 44.0. The molecule has 0 aliphatic carbocycles. The zero-order chi connectivity index (χ0) is 81.4. The van der Waals surface area contributed by atoms with Gasteiger partial charge in [-0.05, 0) is 131 Å². The van der Waals surface area contributed by atoms with E-state index in [-0.39, 0.29) is 82.8 Å². The molecule has 1 saturated heterocycles. The molecule has 602 valence electrons. The molecule has 2 aromatic heterocycles. The Labute approximate surface area is 632 Å². The largest absolute Gasteiger partial charge is 0.508 e. The molecule has 1 aliphatic rings. The number of esters is 7. The summed E-state index contributed by atoms with van der Waals surface area (Å²) in [4.78, 5) is 164. The highest BCUT2D eigenvalue weighted by atomic mass is 16.6. The van der Waals surface area contributed by atoms with Crippen molar-refractivity contribution in [2.75, 3.05) is 74.2 Å². The normalized spacial score (nSPS) is 13.8. The molecular formula is C78H110N6O25. The highest BCUT2D eigenvalue weighted by molar-refractivity contribution is 6.02. The molecular weight excluding hydrogens is 1420 g/mol. The third-order valence-corrected chi connectivity index (χ3v) is 18.8. The highest BCUT2D eigenvalue weighted by Gasteiger charge is 2.50. The standard InChI is InChI=1S/C32H40O7.C27H40N6O14.C10H14O.C9H16O3/c1-7-31(4,28(35)37-6)21-32(5,29(36)38-17-16-33)20-30(2,3)27(34)39-19-26-24-14-10-8-12-22(24)18-23-13-9-11-15-25(23)26;1-4-5-16-46-20(36)7-10-29-22(38)28(9-6-19(35)45-3)23(39)30(24(29)40)11-8-21(37)47-18-14-33-26(42)31(12-15-34)25(41)32(27(33)43)13-17-44-2;1-3-8(2)9-4-6-10(11)7-5-9;1-4-9(2,3)8(10)12-6-7-5-11-7/h8-15,18,33H,7,16-17,19-21H2,1-6H3;34H,4-18H2,1-3H3;4-8,11H,3H2,1-2H3;7H,4-6H2,1-3H3. The van der Waals surface area contributed by atoms with Crippen LogP contribution in [-0.4, -0.2) is 165 Å². The summed E-state index contributed by atoms with van der Waals surface area (Å²) in [6.07, 6.45) is 2.80. The van der Waals surface area contributed by atoms with Crippen LogP contribution in [0.3, 0.4) is 0 Å². The van der Waals surface area contributed by atoms with Gasteiger partial charge in [0.1, 0.15) is 38.3 Å². The molecule has 4 unspecified atom stereocenters. The van der Waals surface area contributed by atoms with E-state index in [9.17, 15) is 72.5 Å².